The third-order valence-corrected chi connectivity index (χ3v) is 3.36. The van der Waals surface area contributed by atoms with E-state index >= 15 is 0 Å². The fourth-order valence-electron chi connectivity index (χ4n) is 1.89. The lowest BCUT2D eigenvalue weighted by Crippen LogP contribution is -2.61. The van der Waals surface area contributed by atoms with Gasteiger partial charge in [-0.2, -0.15) is 26.3 Å². The number of rotatable bonds is 8. The van der Waals surface area contributed by atoms with Crippen molar-refractivity contribution in [1.82, 2.24) is 5.32 Å². The van der Waals surface area contributed by atoms with Crippen molar-refractivity contribution in [2.24, 2.45) is 0 Å². The standard InChI is InChI=1S/C15H15F6NO6/c1-27-9-4-2-8(3-5-9)7-22-12(25)10(6-11(23)24)28-13(26,14(16,17)18)15(19,20)21/h2-5,10,26H,6-7H2,1H3,(H,22,25)(H,23,24)/t10-/m0/s1. The smallest absolute Gasteiger partial charge is 0.453 e. The zero-order chi connectivity index (χ0) is 21.8. The summed E-state index contributed by atoms with van der Waals surface area (Å²) in [5.74, 6) is -8.79. The lowest BCUT2D eigenvalue weighted by Gasteiger charge is -2.34. The Labute approximate surface area is 153 Å². The molecule has 0 spiro atoms. The maximum absolute atomic E-state index is 12.7. The van der Waals surface area contributed by atoms with Gasteiger partial charge in [0.15, 0.2) is 6.10 Å². The van der Waals surface area contributed by atoms with Gasteiger partial charge in [0.1, 0.15) is 5.75 Å². The van der Waals surface area contributed by atoms with Crippen molar-refractivity contribution in [2.45, 2.75) is 37.2 Å². The summed E-state index contributed by atoms with van der Waals surface area (Å²) in [6.07, 6.45) is -17.1. The summed E-state index contributed by atoms with van der Waals surface area (Å²) in [7, 11) is 1.38. The van der Waals surface area contributed by atoms with Crippen molar-refractivity contribution in [3.05, 3.63) is 29.8 Å². The van der Waals surface area contributed by atoms with Gasteiger partial charge in [0.25, 0.3) is 0 Å². The molecule has 1 aromatic carbocycles. The lowest BCUT2D eigenvalue weighted by atomic mass is 10.1. The second-order valence-corrected chi connectivity index (χ2v) is 5.41. The van der Waals surface area contributed by atoms with Gasteiger partial charge < -0.3 is 25.0 Å². The molecule has 0 aliphatic rings. The Balaban J connectivity index is 2.99. The minimum absolute atomic E-state index is 0.362. The Kier molecular flexibility index (Phi) is 7.26. The highest BCUT2D eigenvalue weighted by atomic mass is 19.4. The molecular formula is C15H15F6NO6. The van der Waals surface area contributed by atoms with Crippen LogP contribution in [0.25, 0.3) is 0 Å². The first-order chi connectivity index (χ1) is 12.7. The number of amides is 1. The number of alkyl halides is 6. The van der Waals surface area contributed by atoms with Crippen LogP contribution in [0.1, 0.15) is 12.0 Å². The fourth-order valence-corrected chi connectivity index (χ4v) is 1.89. The molecule has 0 unspecified atom stereocenters. The summed E-state index contributed by atoms with van der Waals surface area (Å²) in [6, 6.07) is 5.82. The monoisotopic (exact) mass is 419 g/mol. The van der Waals surface area contributed by atoms with Crippen molar-refractivity contribution in [2.75, 3.05) is 7.11 Å². The molecule has 0 aromatic heterocycles. The summed E-state index contributed by atoms with van der Waals surface area (Å²) in [6.45, 7) is -0.362. The molecule has 28 heavy (non-hydrogen) atoms. The highest BCUT2D eigenvalue weighted by Gasteiger charge is 2.73. The minimum atomic E-state index is -6.38. The van der Waals surface area contributed by atoms with E-state index in [9.17, 15) is 35.9 Å². The summed E-state index contributed by atoms with van der Waals surface area (Å²) in [5.41, 5.74) is 0.380. The molecule has 0 saturated heterocycles. The Hall–Kier alpha value is -2.54. The van der Waals surface area contributed by atoms with E-state index in [0.29, 0.717) is 11.3 Å². The average Bonchev–Trinajstić information content (AvgIpc) is 2.57. The molecule has 1 aromatic rings. The third kappa shape index (κ3) is 5.73. The van der Waals surface area contributed by atoms with E-state index in [0.717, 1.165) is 0 Å². The van der Waals surface area contributed by atoms with Gasteiger partial charge in [-0.25, -0.2) is 0 Å². The van der Waals surface area contributed by atoms with E-state index in [-0.39, 0.29) is 6.54 Å². The van der Waals surface area contributed by atoms with Crippen molar-refractivity contribution in [3.8, 4) is 5.75 Å². The van der Waals surface area contributed by atoms with Gasteiger partial charge in [-0.1, -0.05) is 12.1 Å². The SMILES string of the molecule is COc1ccc(CNC(=O)[C@H](CC(=O)O)OC(O)(C(F)(F)F)C(F)(F)F)cc1. The Morgan fingerprint density at radius 2 is 1.57 bits per heavy atom. The number of carbonyl (C=O) groups is 2. The molecule has 0 bridgehead atoms. The molecule has 1 atom stereocenters. The van der Waals surface area contributed by atoms with Gasteiger partial charge >= 0.3 is 24.1 Å². The molecule has 0 saturated carbocycles. The third-order valence-electron chi connectivity index (χ3n) is 3.36. The quantitative estimate of drug-likeness (QED) is 0.440. The zero-order valence-corrected chi connectivity index (χ0v) is 14.1. The number of carbonyl (C=O) groups excluding carboxylic acids is 1. The predicted octanol–water partition coefficient (Wildman–Crippen LogP) is 1.98. The topological polar surface area (TPSA) is 105 Å². The number of halogens is 6. The van der Waals surface area contributed by atoms with Crippen molar-refractivity contribution >= 4 is 11.9 Å². The van der Waals surface area contributed by atoms with Crippen LogP contribution in [-0.4, -0.2) is 53.4 Å². The first-order valence-electron chi connectivity index (χ1n) is 7.37. The Morgan fingerprint density at radius 3 is 1.96 bits per heavy atom. The van der Waals surface area contributed by atoms with E-state index in [1.165, 1.54) is 31.4 Å². The van der Waals surface area contributed by atoms with Crippen LogP contribution in [0.2, 0.25) is 0 Å². The highest BCUT2D eigenvalue weighted by molar-refractivity contribution is 5.85. The number of methoxy groups -OCH3 is 1. The van der Waals surface area contributed by atoms with Crippen LogP contribution >= 0.6 is 0 Å². The zero-order valence-electron chi connectivity index (χ0n) is 14.1. The van der Waals surface area contributed by atoms with Gasteiger partial charge in [0.2, 0.25) is 5.91 Å². The number of ether oxygens (including phenoxy) is 2. The second kappa shape index (κ2) is 8.65. The Morgan fingerprint density at radius 1 is 1.07 bits per heavy atom. The minimum Gasteiger partial charge on any atom is -0.497 e. The molecule has 1 rings (SSSR count). The lowest BCUT2D eigenvalue weighted by molar-refractivity contribution is -0.462. The van der Waals surface area contributed by atoms with E-state index < -0.39 is 42.5 Å². The molecule has 0 aliphatic heterocycles. The molecule has 0 heterocycles. The number of benzene rings is 1. The second-order valence-electron chi connectivity index (χ2n) is 5.41. The van der Waals surface area contributed by atoms with Crippen LogP contribution in [0.3, 0.4) is 0 Å². The number of hydrogen-bond acceptors (Lipinski definition) is 5. The maximum atomic E-state index is 12.7. The molecular weight excluding hydrogens is 404 g/mol. The number of hydrogen-bond donors (Lipinski definition) is 3. The van der Waals surface area contributed by atoms with E-state index in [1.54, 1.807) is 0 Å². The van der Waals surface area contributed by atoms with Gasteiger partial charge in [0.05, 0.1) is 13.5 Å². The predicted molar refractivity (Wildman–Crippen MR) is 79.0 cm³/mol. The van der Waals surface area contributed by atoms with Crippen molar-refractivity contribution in [3.63, 3.8) is 0 Å². The molecule has 1 amide bonds. The molecule has 7 nitrogen and oxygen atoms in total. The average molecular weight is 419 g/mol. The van der Waals surface area contributed by atoms with Gasteiger partial charge in [-0.15, -0.1) is 0 Å². The molecule has 0 fully saturated rings. The molecule has 3 N–H and O–H groups in total. The largest absolute Gasteiger partial charge is 0.497 e. The van der Waals surface area contributed by atoms with Crippen molar-refractivity contribution in [1.29, 1.82) is 0 Å². The van der Waals surface area contributed by atoms with Crippen LogP contribution in [0.5, 0.6) is 5.75 Å². The molecule has 158 valence electrons. The van der Waals surface area contributed by atoms with Crippen LogP contribution in [0, 0.1) is 0 Å². The molecule has 0 radical (unpaired) electrons. The number of aliphatic hydroxyl groups is 1. The van der Waals surface area contributed by atoms with Crippen molar-refractivity contribution < 1.29 is 55.6 Å². The summed E-state index contributed by atoms with van der Waals surface area (Å²) < 4.78 is 84.6. The van der Waals surface area contributed by atoms with Crippen LogP contribution in [0.4, 0.5) is 26.3 Å². The molecule has 0 aliphatic carbocycles. The first kappa shape index (κ1) is 23.5. The van der Waals surface area contributed by atoms with Crippen LogP contribution < -0.4 is 10.1 Å². The molecule has 13 heteroatoms. The maximum Gasteiger partial charge on any atom is 0.453 e. The fraction of sp³-hybridized carbons (Fsp3) is 0.467. The summed E-state index contributed by atoms with van der Waals surface area (Å²) in [4.78, 5) is 22.7. The van der Waals surface area contributed by atoms with Gasteiger partial charge in [-0.05, 0) is 17.7 Å². The highest BCUT2D eigenvalue weighted by Crippen LogP contribution is 2.44. The Bertz CT molecular complexity index is 674. The summed E-state index contributed by atoms with van der Waals surface area (Å²) >= 11 is 0. The number of nitrogens with one attached hydrogen (secondary N) is 1. The van der Waals surface area contributed by atoms with Gasteiger partial charge in [0, 0.05) is 6.54 Å². The van der Waals surface area contributed by atoms with E-state index in [2.05, 4.69) is 4.74 Å². The number of aliphatic carboxylic acids is 1. The number of carboxylic acid groups (broad SMARTS) is 1. The van der Waals surface area contributed by atoms with Crippen LogP contribution in [-0.2, 0) is 20.9 Å². The van der Waals surface area contributed by atoms with Gasteiger partial charge in [-0.3, -0.25) is 9.59 Å². The first-order valence-corrected chi connectivity index (χ1v) is 7.37. The normalized spacial score (nSPS) is 13.7. The van der Waals surface area contributed by atoms with Crippen LogP contribution in [0.15, 0.2) is 24.3 Å². The summed E-state index contributed by atoms with van der Waals surface area (Å²) in [5, 5.41) is 19.6. The van der Waals surface area contributed by atoms with E-state index in [4.69, 9.17) is 14.9 Å². The number of carboxylic acids is 1. The van der Waals surface area contributed by atoms with E-state index in [1.807, 2.05) is 5.32 Å².